The number of alkyl halides is 3. The van der Waals surface area contributed by atoms with Gasteiger partial charge in [-0.15, -0.1) is 0 Å². The van der Waals surface area contributed by atoms with Gasteiger partial charge in [-0.25, -0.2) is 9.36 Å². The summed E-state index contributed by atoms with van der Waals surface area (Å²) in [6.45, 7) is 0.741. The maximum atomic E-state index is 13.0. The Balaban J connectivity index is 2.25. The Morgan fingerprint density at radius 1 is 1.21 bits per heavy atom. The van der Waals surface area contributed by atoms with Gasteiger partial charge in [-0.2, -0.15) is 18.4 Å². The molecular weight excluding hydrogens is 403 g/mol. The standard InChI is InChI=1S/C17H13ClF3N3O4/c1-23-13(17(19,20)21)7-14(25)24(16(23)26)12-6-10(9(8-22)5-11(12)18)15-27-3-2-4-28-15/h5-7,15H,2-4H2,1H3. The molecule has 0 amide bonds. The van der Waals surface area contributed by atoms with Crippen molar-refractivity contribution in [1.82, 2.24) is 9.13 Å². The second kappa shape index (κ2) is 7.43. The Morgan fingerprint density at radius 2 is 1.86 bits per heavy atom. The number of aromatic nitrogens is 2. The molecule has 2 aromatic rings. The van der Waals surface area contributed by atoms with Crippen LogP contribution in [-0.4, -0.2) is 22.3 Å². The molecular formula is C17H13ClF3N3O4. The van der Waals surface area contributed by atoms with Crippen molar-refractivity contribution in [1.29, 1.82) is 5.26 Å². The number of halogens is 4. The van der Waals surface area contributed by atoms with Crippen molar-refractivity contribution in [3.8, 4) is 11.8 Å². The Bertz CT molecular complexity index is 1080. The lowest BCUT2D eigenvalue weighted by atomic mass is 10.1. The molecule has 1 aromatic carbocycles. The van der Waals surface area contributed by atoms with Crippen LogP contribution in [0.1, 0.15) is 29.5 Å². The van der Waals surface area contributed by atoms with E-state index in [2.05, 4.69) is 0 Å². The Labute approximate surface area is 161 Å². The minimum absolute atomic E-state index is 0.0948. The second-order valence-electron chi connectivity index (χ2n) is 5.97. The number of rotatable bonds is 2. The van der Waals surface area contributed by atoms with Gasteiger partial charge >= 0.3 is 11.9 Å². The second-order valence-corrected chi connectivity index (χ2v) is 6.38. The van der Waals surface area contributed by atoms with E-state index in [1.807, 2.05) is 6.07 Å². The van der Waals surface area contributed by atoms with Gasteiger partial charge in [0.25, 0.3) is 5.56 Å². The monoisotopic (exact) mass is 415 g/mol. The third kappa shape index (κ3) is 3.56. The lowest BCUT2D eigenvalue weighted by Gasteiger charge is -2.25. The van der Waals surface area contributed by atoms with Gasteiger partial charge in [0.2, 0.25) is 0 Å². The molecule has 0 aliphatic carbocycles. The third-order valence-electron chi connectivity index (χ3n) is 4.17. The van der Waals surface area contributed by atoms with Crippen LogP contribution in [-0.2, 0) is 22.7 Å². The molecule has 28 heavy (non-hydrogen) atoms. The van der Waals surface area contributed by atoms with Crippen molar-refractivity contribution >= 4 is 11.6 Å². The molecule has 0 saturated carbocycles. The molecule has 1 aromatic heterocycles. The van der Waals surface area contributed by atoms with Crippen molar-refractivity contribution in [2.24, 2.45) is 7.05 Å². The Hall–Kier alpha value is -2.61. The molecule has 11 heteroatoms. The summed E-state index contributed by atoms with van der Waals surface area (Å²) in [6, 6.07) is 4.68. The summed E-state index contributed by atoms with van der Waals surface area (Å²) < 4.78 is 50.8. The predicted molar refractivity (Wildman–Crippen MR) is 91.3 cm³/mol. The molecule has 3 rings (SSSR count). The Kier molecular flexibility index (Phi) is 5.34. The number of nitriles is 1. The summed E-state index contributed by atoms with van der Waals surface area (Å²) in [5.41, 5.74) is -3.69. The molecule has 1 aliphatic rings. The zero-order valence-electron chi connectivity index (χ0n) is 14.4. The summed E-state index contributed by atoms with van der Waals surface area (Å²) in [7, 11) is 0.896. The van der Waals surface area contributed by atoms with Crippen LogP contribution in [0.25, 0.3) is 5.69 Å². The highest BCUT2D eigenvalue weighted by Crippen LogP contribution is 2.32. The number of benzene rings is 1. The number of hydrogen-bond acceptors (Lipinski definition) is 5. The van der Waals surface area contributed by atoms with Crippen LogP contribution in [0.15, 0.2) is 27.8 Å². The summed E-state index contributed by atoms with van der Waals surface area (Å²) in [6.07, 6.45) is -5.15. The smallest absolute Gasteiger partial charge is 0.348 e. The van der Waals surface area contributed by atoms with Crippen LogP contribution < -0.4 is 11.2 Å². The topological polar surface area (TPSA) is 86.2 Å². The highest BCUT2D eigenvalue weighted by molar-refractivity contribution is 6.32. The van der Waals surface area contributed by atoms with Crippen LogP contribution in [0.4, 0.5) is 13.2 Å². The van der Waals surface area contributed by atoms with E-state index < -0.39 is 29.4 Å². The first-order valence-corrected chi connectivity index (χ1v) is 8.40. The van der Waals surface area contributed by atoms with E-state index in [1.54, 1.807) is 0 Å². The van der Waals surface area contributed by atoms with E-state index in [-0.39, 0.29) is 21.8 Å². The molecule has 1 fully saturated rings. The quantitative estimate of drug-likeness (QED) is 0.752. The van der Waals surface area contributed by atoms with E-state index in [0.717, 1.165) is 7.05 Å². The minimum atomic E-state index is -4.88. The molecule has 0 bridgehead atoms. The van der Waals surface area contributed by atoms with Crippen LogP contribution in [0.5, 0.6) is 0 Å². The van der Waals surface area contributed by atoms with Crippen molar-refractivity contribution in [2.75, 3.05) is 13.2 Å². The van der Waals surface area contributed by atoms with E-state index >= 15 is 0 Å². The summed E-state index contributed by atoms with van der Waals surface area (Å²) >= 11 is 6.12. The van der Waals surface area contributed by atoms with Crippen molar-refractivity contribution in [3.05, 3.63) is 60.9 Å². The molecule has 7 nitrogen and oxygen atoms in total. The van der Waals surface area contributed by atoms with Crippen LogP contribution >= 0.6 is 11.6 Å². The van der Waals surface area contributed by atoms with Gasteiger partial charge in [-0.3, -0.25) is 9.36 Å². The van der Waals surface area contributed by atoms with Gasteiger partial charge in [0.1, 0.15) is 5.69 Å². The molecule has 1 aliphatic heterocycles. The van der Waals surface area contributed by atoms with Gasteiger partial charge in [-0.05, 0) is 18.6 Å². The summed E-state index contributed by atoms with van der Waals surface area (Å²) in [5.74, 6) is 0. The fourth-order valence-electron chi connectivity index (χ4n) is 2.83. The summed E-state index contributed by atoms with van der Waals surface area (Å²) in [5, 5.41) is 9.18. The first-order valence-electron chi connectivity index (χ1n) is 8.02. The third-order valence-corrected chi connectivity index (χ3v) is 4.47. The highest BCUT2D eigenvalue weighted by Gasteiger charge is 2.35. The van der Waals surface area contributed by atoms with E-state index in [4.69, 9.17) is 21.1 Å². The molecule has 148 valence electrons. The minimum Gasteiger partial charge on any atom is -0.348 e. The van der Waals surface area contributed by atoms with Crippen molar-refractivity contribution in [3.63, 3.8) is 0 Å². The van der Waals surface area contributed by atoms with Crippen LogP contribution in [0, 0.1) is 11.3 Å². The Morgan fingerprint density at radius 3 is 2.43 bits per heavy atom. The number of ether oxygens (including phenoxy) is 2. The number of hydrogen-bond donors (Lipinski definition) is 0. The SMILES string of the molecule is Cn1c(C(F)(F)F)cc(=O)n(-c2cc(C3OCCCO3)c(C#N)cc2Cl)c1=O. The molecule has 0 spiro atoms. The predicted octanol–water partition coefficient (Wildman–Crippen LogP) is 2.52. The van der Waals surface area contributed by atoms with Crippen molar-refractivity contribution < 1.29 is 22.6 Å². The van der Waals surface area contributed by atoms with E-state index in [1.165, 1.54) is 12.1 Å². The molecule has 0 atom stereocenters. The van der Waals surface area contributed by atoms with E-state index in [0.29, 0.717) is 34.8 Å². The maximum Gasteiger partial charge on any atom is 0.431 e. The first kappa shape index (κ1) is 20.1. The maximum absolute atomic E-state index is 13.0. The lowest BCUT2D eigenvalue weighted by Crippen LogP contribution is -2.41. The molecule has 0 radical (unpaired) electrons. The molecule has 0 unspecified atom stereocenters. The zero-order chi connectivity index (χ0) is 20.6. The normalized spacial score (nSPS) is 15.4. The highest BCUT2D eigenvalue weighted by atomic mass is 35.5. The molecule has 0 N–H and O–H groups in total. The van der Waals surface area contributed by atoms with Gasteiger partial charge in [0.05, 0.1) is 35.6 Å². The fourth-order valence-corrected chi connectivity index (χ4v) is 3.08. The van der Waals surface area contributed by atoms with Gasteiger partial charge in [0, 0.05) is 18.7 Å². The van der Waals surface area contributed by atoms with Crippen LogP contribution in [0.2, 0.25) is 5.02 Å². The molecule has 1 saturated heterocycles. The first-order chi connectivity index (χ1) is 13.1. The molecule has 2 heterocycles. The van der Waals surface area contributed by atoms with Gasteiger partial charge < -0.3 is 9.47 Å². The van der Waals surface area contributed by atoms with Crippen molar-refractivity contribution in [2.45, 2.75) is 18.9 Å². The zero-order valence-corrected chi connectivity index (χ0v) is 15.2. The number of nitrogens with zero attached hydrogens (tertiary/aromatic N) is 3. The fraction of sp³-hybridized carbons (Fsp3) is 0.353. The largest absolute Gasteiger partial charge is 0.431 e. The van der Waals surface area contributed by atoms with Gasteiger partial charge in [-0.1, -0.05) is 11.6 Å². The average molecular weight is 416 g/mol. The van der Waals surface area contributed by atoms with E-state index in [9.17, 15) is 28.0 Å². The van der Waals surface area contributed by atoms with Crippen LogP contribution in [0.3, 0.4) is 0 Å². The van der Waals surface area contributed by atoms with Gasteiger partial charge in [0.15, 0.2) is 6.29 Å². The lowest BCUT2D eigenvalue weighted by molar-refractivity contribution is -0.183. The summed E-state index contributed by atoms with van der Waals surface area (Å²) in [4.78, 5) is 24.8. The average Bonchev–Trinajstić information content (AvgIpc) is 2.65.